The van der Waals surface area contributed by atoms with Crippen molar-refractivity contribution in [1.82, 2.24) is 9.62 Å². The van der Waals surface area contributed by atoms with Gasteiger partial charge in [-0.1, -0.05) is 12.1 Å². The SMILES string of the molecule is CC(C)NC(=O)CN(C)S(=O)(=O)c1cccc(CN)c1. The molecular formula is C13H21N3O3S. The second-order valence-corrected chi connectivity index (χ2v) is 6.88. The highest BCUT2D eigenvalue weighted by Gasteiger charge is 2.23. The van der Waals surface area contributed by atoms with E-state index in [2.05, 4.69) is 5.32 Å². The lowest BCUT2D eigenvalue weighted by Gasteiger charge is -2.18. The lowest BCUT2D eigenvalue weighted by molar-refractivity contribution is -0.121. The molecule has 6 nitrogen and oxygen atoms in total. The highest BCUT2D eigenvalue weighted by Crippen LogP contribution is 2.15. The second-order valence-electron chi connectivity index (χ2n) is 4.83. The lowest BCUT2D eigenvalue weighted by atomic mass is 10.2. The molecule has 1 rings (SSSR count). The van der Waals surface area contributed by atoms with E-state index in [-0.39, 0.29) is 29.9 Å². The standard InChI is InChI=1S/C13H21N3O3S/c1-10(2)15-13(17)9-16(3)20(18,19)12-6-4-5-11(7-12)8-14/h4-7,10H,8-9,14H2,1-3H3,(H,15,17). The molecule has 1 aromatic rings. The summed E-state index contributed by atoms with van der Waals surface area (Å²) in [6, 6.07) is 6.37. The van der Waals surface area contributed by atoms with Gasteiger partial charge in [0.15, 0.2) is 0 Å². The minimum absolute atomic E-state index is 0.0285. The molecule has 3 N–H and O–H groups in total. The molecule has 0 aliphatic heterocycles. The first kappa shape index (κ1) is 16.6. The maximum Gasteiger partial charge on any atom is 0.243 e. The summed E-state index contributed by atoms with van der Waals surface area (Å²) in [7, 11) is -2.31. The van der Waals surface area contributed by atoms with Crippen LogP contribution in [0.3, 0.4) is 0 Å². The normalized spacial score (nSPS) is 11.9. The molecule has 0 bridgehead atoms. The minimum atomic E-state index is -3.69. The number of carbonyl (C=O) groups excluding carboxylic acids is 1. The van der Waals surface area contributed by atoms with E-state index in [9.17, 15) is 13.2 Å². The summed E-state index contributed by atoms with van der Waals surface area (Å²) in [5.74, 6) is -0.332. The van der Waals surface area contributed by atoms with Crippen LogP contribution < -0.4 is 11.1 Å². The third-order valence-corrected chi connectivity index (χ3v) is 4.46. The Kier molecular flexibility index (Phi) is 5.67. The monoisotopic (exact) mass is 299 g/mol. The van der Waals surface area contributed by atoms with Gasteiger partial charge in [-0.3, -0.25) is 4.79 Å². The van der Waals surface area contributed by atoms with Crippen LogP contribution in [0.15, 0.2) is 29.2 Å². The van der Waals surface area contributed by atoms with E-state index >= 15 is 0 Å². The third kappa shape index (κ3) is 4.29. The number of amides is 1. The van der Waals surface area contributed by atoms with Crippen LogP contribution in [0.25, 0.3) is 0 Å². The molecule has 0 fully saturated rings. The molecule has 0 heterocycles. The van der Waals surface area contributed by atoms with Crippen molar-refractivity contribution >= 4 is 15.9 Å². The van der Waals surface area contributed by atoms with E-state index < -0.39 is 10.0 Å². The zero-order valence-electron chi connectivity index (χ0n) is 12.0. The summed E-state index contributed by atoms with van der Waals surface area (Å²) >= 11 is 0. The van der Waals surface area contributed by atoms with Gasteiger partial charge in [-0.15, -0.1) is 0 Å². The summed E-state index contributed by atoms with van der Waals surface area (Å²) in [5.41, 5.74) is 6.23. The van der Waals surface area contributed by atoms with Crippen molar-refractivity contribution in [3.8, 4) is 0 Å². The predicted molar refractivity (Wildman–Crippen MR) is 77.4 cm³/mol. The second kappa shape index (κ2) is 6.83. The number of hydrogen-bond donors (Lipinski definition) is 2. The first-order valence-corrected chi connectivity index (χ1v) is 7.76. The smallest absolute Gasteiger partial charge is 0.243 e. The first-order chi connectivity index (χ1) is 9.27. The Morgan fingerprint density at radius 3 is 2.60 bits per heavy atom. The molecule has 0 saturated heterocycles. The van der Waals surface area contributed by atoms with Gasteiger partial charge in [0, 0.05) is 19.6 Å². The fourth-order valence-corrected chi connectivity index (χ4v) is 2.87. The summed E-state index contributed by atoms with van der Waals surface area (Å²) < 4.78 is 25.7. The van der Waals surface area contributed by atoms with Crippen LogP contribution in [0, 0.1) is 0 Å². The largest absolute Gasteiger partial charge is 0.353 e. The first-order valence-electron chi connectivity index (χ1n) is 6.32. The fraction of sp³-hybridized carbons (Fsp3) is 0.462. The Balaban J connectivity index is 2.89. The molecule has 0 atom stereocenters. The molecule has 112 valence electrons. The van der Waals surface area contributed by atoms with Crippen LogP contribution in [0.4, 0.5) is 0 Å². The van der Waals surface area contributed by atoms with Crippen molar-refractivity contribution in [2.24, 2.45) is 5.73 Å². The minimum Gasteiger partial charge on any atom is -0.353 e. The van der Waals surface area contributed by atoms with Gasteiger partial charge in [0.2, 0.25) is 15.9 Å². The summed E-state index contributed by atoms with van der Waals surface area (Å²) in [6.07, 6.45) is 0. The van der Waals surface area contributed by atoms with Gasteiger partial charge in [-0.2, -0.15) is 4.31 Å². The molecule has 0 unspecified atom stereocenters. The molecule has 0 saturated carbocycles. The number of nitrogens with zero attached hydrogens (tertiary/aromatic N) is 1. The highest BCUT2D eigenvalue weighted by atomic mass is 32.2. The molecule has 0 aliphatic carbocycles. The van der Waals surface area contributed by atoms with Gasteiger partial charge < -0.3 is 11.1 Å². The number of carbonyl (C=O) groups is 1. The summed E-state index contributed by atoms with van der Waals surface area (Å²) in [6.45, 7) is 3.68. The van der Waals surface area contributed by atoms with E-state index in [0.717, 1.165) is 9.87 Å². The molecule has 20 heavy (non-hydrogen) atoms. The Morgan fingerprint density at radius 1 is 1.40 bits per heavy atom. The van der Waals surface area contributed by atoms with Crippen molar-refractivity contribution in [3.05, 3.63) is 29.8 Å². The van der Waals surface area contributed by atoms with E-state index in [1.54, 1.807) is 12.1 Å². The molecule has 0 aromatic heterocycles. The lowest BCUT2D eigenvalue weighted by Crippen LogP contribution is -2.40. The van der Waals surface area contributed by atoms with Gasteiger partial charge in [0.25, 0.3) is 0 Å². The van der Waals surface area contributed by atoms with Crippen LogP contribution in [0.1, 0.15) is 19.4 Å². The molecule has 7 heteroatoms. The Bertz CT molecular complexity index is 570. The van der Waals surface area contributed by atoms with Crippen molar-refractivity contribution in [2.45, 2.75) is 31.3 Å². The van der Waals surface area contributed by atoms with Gasteiger partial charge in [0.1, 0.15) is 0 Å². The van der Waals surface area contributed by atoms with E-state index in [4.69, 9.17) is 5.73 Å². The molecular weight excluding hydrogens is 278 g/mol. The number of nitrogens with two attached hydrogens (primary N) is 1. The maximum absolute atomic E-state index is 12.3. The Morgan fingerprint density at radius 2 is 2.05 bits per heavy atom. The third-order valence-electron chi connectivity index (χ3n) is 2.66. The van der Waals surface area contributed by atoms with Crippen molar-refractivity contribution in [3.63, 3.8) is 0 Å². The van der Waals surface area contributed by atoms with Crippen molar-refractivity contribution in [2.75, 3.05) is 13.6 Å². The molecule has 1 aromatic carbocycles. The van der Waals surface area contributed by atoms with E-state index in [1.165, 1.54) is 19.2 Å². The average Bonchev–Trinajstić information content (AvgIpc) is 2.37. The van der Waals surface area contributed by atoms with Crippen LogP contribution >= 0.6 is 0 Å². The van der Waals surface area contributed by atoms with E-state index in [1.807, 2.05) is 13.8 Å². The van der Waals surface area contributed by atoms with Crippen LogP contribution in [0.2, 0.25) is 0 Å². The number of hydrogen-bond acceptors (Lipinski definition) is 4. The van der Waals surface area contributed by atoms with Crippen molar-refractivity contribution < 1.29 is 13.2 Å². The van der Waals surface area contributed by atoms with Gasteiger partial charge in [-0.05, 0) is 31.5 Å². The average molecular weight is 299 g/mol. The highest BCUT2D eigenvalue weighted by molar-refractivity contribution is 7.89. The molecule has 0 aliphatic rings. The number of benzene rings is 1. The Hall–Kier alpha value is -1.44. The van der Waals surface area contributed by atoms with Gasteiger partial charge >= 0.3 is 0 Å². The summed E-state index contributed by atoms with van der Waals surface area (Å²) in [5, 5.41) is 2.65. The van der Waals surface area contributed by atoms with E-state index in [0.29, 0.717) is 0 Å². The Labute approximate surface area is 120 Å². The fourth-order valence-electron chi connectivity index (χ4n) is 1.67. The predicted octanol–water partition coefficient (Wildman–Crippen LogP) is 0.290. The number of nitrogens with one attached hydrogen (secondary N) is 1. The quantitative estimate of drug-likeness (QED) is 0.789. The zero-order chi connectivity index (χ0) is 15.3. The van der Waals surface area contributed by atoms with Crippen LogP contribution in [-0.4, -0.2) is 38.3 Å². The van der Waals surface area contributed by atoms with Crippen LogP contribution in [-0.2, 0) is 21.4 Å². The van der Waals surface area contributed by atoms with Crippen molar-refractivity contribution in [1.29, 1.82) is 0 Å². The molecule has 1 amide bonds. The molecule has 0 radical (unpaired) electrons. The summed E-state index contributed by atoms with van der Waals surface area (Å²) in [4.78, 5) is 11.8. The topological polar surface area (TPSA) is 92.5 Å². The number of sulfonamides is 1. The van der Waals surface area contributed by atoms with Gasteiger partial charge in [0.05, 0.1) is 11.4 Å². The number of likely N-dealkylation sites (N-methyl/N-ethyl adjacent to an activating group) is 1. The van der Waals surface area contributed by atoms with Gasteiger partial charge in [-0.25, -0.2) is 8.42 Å². The zero-order valence-corrected chi connectivity index (χ0v) is 12.8. The molecule has 0 spiro atoms. The maximum atomic E-state index is 12.3. The van der Waals surface area contributed by atoms with Crippen LogP contribution in [0.5, 0.6) is 0 Å². The number of rotatable bonds is 6.